The molecule has 3 aliphatic carbocycles. The standard InChI is InChI=1S/C16H18BrF2N/c1-20-16(13-10(18)5-4-9(17)15(13)19)14-11-7-2-3-8(6-7)12(11)14/h4-5,7-8,11-12,14,16,20H,2-3,6H2,1H3. The molecule has 1 nitrogen and oxygen atoms in total. The van der Waals surface area contributed by atoms with E-state index in [-0.39, 0.29) is 11.6 Å². The predicted octanol–water partition coefficient (Wildman–Crippen LogP) is 4.28. The van der Waals surface area contributed by atoms with Crippen LogP contribution in [0.25, 0.3) is 0 Å². The third-order valence-electron chi connectivity index (χ3n) is 5.88. The molecule has 1 aromatic rings. The second-order valence-corrected chi connectivity index (χ2v) is 7.44. The Labute approximate surface area is 126 Å². The van der Waals surface area contributed by atoms with E-state index in [1.54, 1.807) is 0 Å². The van der Waals surface area contributed by atoms with Crippen molar-refractivity contribution < 1.29 is 8.78 Å². The average Bonchev–Trinajstić information content (AvgIpc) is 2.86. The van der Waals surface area contributed by atoms with E-state index in [9.17, 15) is 8.78 Å². The Morgan fingerprint density at radius 2 is 1.85 bits per heavy atom. The molecule has 5 atom stereocenters. The summed E-state index contributed by atoms with van der Waals surface area (Å²) >= 11 is 3.18. The molecule has 5 unspecified atom stereocenters. The molecule has 0 aliphatic heterocycles. The highest BCUT2D eigenvalue weighted by Gasteiger charge is 2.67. The molecule has 1 N–H and O–H groups in total. The second kappa shape index (κ2) is 4.51. The number of fused-ring (bicyclic) bond motifs is 5. The first-order valence-corrected chi connectivity index (χ1v) is 8.23. The molecule has 20 heavy (non-hydrogen) atoms. The van der Waals surface area contributed by atoms with Crippen molar-refractivity contribution in [2.75, 3.05) is 7.05 Å². The van der Waals surface area contributed by atoms with Gasteiger partial charge in [-0.25, -0.2) is 8.78 Å². The van der Waals surface area contributed by atoms with Crippen LogP contribution in [0.5, 0.6) is 0 Å². The van der Waals surface area contributed by atoms with Crippen LogP contribution in [0, 0.1) is 41.2 Å². The predicted molar refractivity (Wildman–Crippen MR) is 77.2 cm³/mol. The minimum atomic E-state index is -0.443. The van der Waals surface area contributed by atoms with E-state index in [1.807, 2.05) is 7.05 Å². The molecule has 0 amide bonds. The maximum Gasteiger partial charge on any atom is 0.145 e. The van der Waals surface area contributed by atoms with Gasteiger partial charge in [0, 0.05) is 11.6 Å². The van der Waals surface area contributed by atoms with Crippen LogP contribution in [0.3, 0.4) is 0 Å². The topological polar surface area (TPSA) is 12.0 Å². The molecule has 4 heteroatoms. The lowest BCUT2D eigenvalue weighted by Gasteiger charge is -2.22. The smallest absolute Gasteiger partial charge is 0.145 e. The number of hydrogen-bond donors (Lipinski definition) is 1. The van der Waals surface area contributed by atoms with E-state index in [0.717, 1.165) is 11.8 Å². The minimum absolute atomic E-state index is 0.189. The molecule has 1 aromatic carbocycles. The van der Waals surface area contributed by atoms with E-state index in [4.69, 9.17) is 0 Å². The van der Waals surface area contributed by atoms with Gasteiger partial charge in [-0.2, -0.15) is 0 Å². The first kappa shape index (κ1) is 13.2. The lowest BCUT2D eigenvalue weighted by Crippen LogP contribution is -2.24. The number of halogens is 3. The van der Waals surface area contributed by atoms with Crippen molar-refractivity contribution in [2.24, 2.45) is 29.6 Å². The lowest BCUT2D eigenvalue weighted by atomic mass is 9.92. The van der Waals surface area contributed by atoms with Crippen molar-refractivity contribution in [3.63, 3.8) is 0 Å². The summed E-state index contributed by atoms with van der Waals surface area (Å²) in [5, 5.41) is 3.19. The van der Waals surface area contributed by atoms with E-state index < -0.39 is 11.6 Å². The summed E-state index contributed by atoms with van der Waals surface area (Å²) in [4.78, 5) is 0. The van der Waals surface area contributed by atoms with Crippen molar-refractivity contribution in [1.29, 1.82) is 0 Å². The van der Waals surface area contributed by atoms with Gasteiger partial charge >= 0.3 is 0 Å². The molecule has 3 saturated carbocycles. The van der Waals surface area contributed by atoms with E-state index in [2.05, 4.69) is 21.2 Å². The fraction of sp³-hybridized carbons (Fsp3) is 0.625. The molecule has 4 rings (SSSR count). The molecule has 0 heterocycles. The fourth-order valence-corrected chi connectivity index (χ4v) is 5.54. The summed E-state index contributed by atoms with van der Waals surface area (Å²) in [5.41, 5.74) is 0.223. The summed E-state index contributed by atoms with van der Waals surface area (Å²) < 4.78 is 28.8. The van der Waals surface area contributed by atoms with Crippen molar-refractivity contribution >= 4 is 15.9 Å². The molecule has 108 valence electrons. The summed E-state index contributed by atoms with van der Waals surface area (Å²) in [6, 6.07) is 2.61. The lowest BCUT2D eigenvalue weighted by molar-refractivity contribution is 0.366. The normalized spacial score (nSPS) is 38.9. The van der Waals surface area contributed by atoms with Crippen LogP contribution < -0.4 is 5.32 Å². The largest absolute Gasteiger partial charge is 0.313 e. The molecule has 0 spiro atoms. The Kier molecular flexibility index (Phi) is 2.97. The number of rotatable bonds is 3. The van der Waals surface area contributed by atoms with Crippen LogP contribution in [0.15, 0.2) is 16.6 Å². The van der Waals surface area contributed by atoms with Gasteiger partial charge in [0.05, 0.1) is 4.47 Å². The maximum atomic E-state index is 14.3. The van der Waals surface area contributed by atoms with Crippen molar-refractivity contribution in [2.45, 2.75) is 25.3 Å². The van der Waals surface area contributed by atoms with Gasteiger partial charge in [-0.3, -0.25) is 0 Å². The molecule has 3 fully saturated rings. The van der Waals surface area contributed by atoms with Crippen molar-refractivity contribution in [3.8, 4) is 0 Å². The maximum absolute atomic E-state index is 14.3. The Balaban J connectivity index is 1.69. The van der Waals surface area contributed by atoms with Crippen molar-refractivity contribution in [3.05, 3.63) is 33.8 Å². The van der Waals surface area contributed by atoms with E-state index in [1.165, 1.54) is 31.4 Å². The molecule has 0 radical (unpaired) electrons. The molecule has 0 aromatic heterocycles. The zero-order valence-electron chi connectivity index (χ0n) is 11.4. The first-order chi connectivity index (χ1) is 9.63. The van der Waals surface area contributed by atoms with Gasteiger partial charge in [-0.15, -0.1) is 0 Å². The monoisotopic (exact) mass is 341 g/mol. The third-order valence-corrected chi connectivity index (χ3v) is 6.49. The Morgan fingerprint density at radius 3 is 2.45 bits per heavy atom. The highest BCUT2D eigenvalue weighted by atomic mass is 79.9. The fourth-order valence-electron chi connectivity index (χ4n) is 5.20. The van der Waals surface area contributed by atoms with Crippen LogP contribution in [0.1, 0.15) is 30.9 Å². The van der Waals surface area contributed by atoms with Gasteiger partial charge in [0.15, 0.2) is 0 Å². The van der Waals surface area contributed by atoms with Gasteiger partial charge in [-0.05, 0) is 84.0 Å². The minimum Gasteiger partial charge on any atom is -0.313 e. The van der Waals surface area contributed by atoms with E-state index >= 15 is 0 Å². The average molecular weight is 342 g/mol. The van der Waals surface area contributed by atoms with Gasteiger partial charge < -0.3 is 5.32 Å². The second-order valence-electron chi connectivity index (χ2n) is 6.59. The zero-order valence-corrected chi connectivity index (χ0v) is 13.0. The zero-order chi connectivity index (χ0) is 14.0. The Morgan fingerprint density at radius 1 is 1.20 bits per heavy atom. The van der Waals surface area contributed by atoms with Gasteiger partial charge in [-0.1, -0.05) is 0 Å². The van der Waals surface area contributed by atoms with Gasteiger partial charge in [0.1, 0.15) is 11.6 Å². The highest BCUT2D eigenvalue weighted by Crippen LogP contribution is 2.72. The van der Waals surface area contributed by atoms with Crippen LogP contribution >= 0.6 is 15.9 Å². The SMILES string of the molecule is CNC(c1c(F)ccc(Br)c1F)C1C2C3CCC(C3)C21. The van der Waals surface area contributed by atoms with Gasteiger partial charge in [0.2, 0.25) is 0 Å². The van der Waals surface area contributed by atoms with Crippen LogP contribution in [0.2, 0.25) is 0 Å². The van der Waals surface area contributed by atoms with Crippen molar-refractivity contribution in [1.82, 2.24) is 5.32 Å². The molecule has 2 bridgehead atoms. The summed E-state index contributed by atoms with van der Waals surface area (Å²) in [7, 11) is 1.82. The Hall–Kier alpha value is -0.480. The first-order valence-electron chi connectivity index (χ1n) is 7.44. The number of hydrogen-bond acceptors (Lipinski definition) is 1. The van der Waals surface area contributed by atoms with Gasteiger partial charge in [0.25, 0.3) is 0 Å². The number of benzene rings is 1. The highest BCUT2D eigenvalue weighted by molar-refractivity contribution is 9.10. The quantitative estimate of drug-likeness (QED) is 0.809. The molecular formula is C16H18BrF2N. The Bertz CT molecular complexity index is 546. The molecular weight excluding hydrogens is 324 g/mol. The van der Waals surface area contributed by atoms with Crippen LogP contribution in [-0.2, 0) is 0 Å². The summed E-state index contributed by atoms with van der Waals surface area (Å²) in [5.74, 6) is 2.56. The summed E-state index contributed by atoms with van der Waals surface area (Å²) in [6.07, 6.45) is 4.00. The summed E-state index contributed by atoms with van der Waals surface area (Å²) in [6.45, 7) is 0. The molecule has 3 aliphatic rings. The number of nitrogens with one attached hydrogen (secondary N) is 1. The van der Waals surface area contributed by atoms with Crippen LogP contribution in [0.4, 0.5) is 8.78 Å². The third kappa shape index (κ3) is 1.67. The van der Waals surface area contributed by atoms with E-state index in [0.29, 0.717) is 22.2 Å². The molecule has 0 saturated heterocycles. The van der Waals surface area contributed by atoms with Crippen LogP contribution in [-0.4, -0.2) is 7.05 Å².